The molecule has 0 aromatic carbocycles. The van der Waals surface area contributed by atoms with Gasteiger partial charge >= 0.3 is 47.0 Å². The molecule has 0 amide bonds. The molecule has 0 saturated carbocycles. The van der Waals surface area contributed by atoms with Crippen molar-refractivity contribution in [2.45, 2.75) is 41.6 Å². The van der Waals surface area contributed by atoms with E-state index in [2.05, 4.69) is 0 Å². The zero-order chi connectivity index (χ0) is 24.5. The third-order valence-corrected chi connectivity index (χ3v) is 4.43. The van der Waals surface area contributed by atoms with Crippen molar-refractivity contribution in [3.05, 3.63) is 0 Å². The molecule has 0 rings (SSSR count). The van der Waals surface area contributed by atoms with Gasteiger partial charge in [0.15, 0.2) is 0 Å². The van der Waals surface area contributed by atoms with E-state index in [0.29, 0.717) is 0 Å². The van der Waals surface area contributed by atoms with Crippen LogP contribution < -0.4 is 0 Å². The number of alkyl halides is 17. The quantitative estimate of drug-likeness (QED) is 0.417. The highest BCUT2D eigenvalue weighted by Crippen LogP contribution is 2.71. The zero-order valence-corrected chi connectivity index (χ0v) is 12.9. The molecule has 0 aliphatic heterocycles. The summed E-state index contributed by atoms with van der Waals surface area (Å²) >= 11 is 0. The Labute approximate surface area is 146 Å². The standard InChI is InChI=1S/C8HF17O3S/c9-2(10,1(5(14,15)16,6(17,18)19)7(20,21)22)3(11,12)4(13,8(23,24)25)29(26,27)28/h(H,26,27,28)/p-1. The predicted molar refractivity (Wildman–Crippen MR) is 50.1 cm³/mol. The van der Waals surface area contributed by atoms with Crippen LogP contribution in [0.15, 0.2) is 0 Å². The second kappa shape index (κ2) is 6.36. The van der Waals surface area contributed by atoms with E-state index >= 15 is 0 Å². The first-order valence-electron chi connectivity index (χ1n) is 5.67. The van der Waals surface area contributed by atoms with Crippen molar-refractivity contribution in [2.75, 3.05) is 0 Å². The minimum Gasteiger partial charge on any atom is -0.745 e. The Morgan fingerprint density at radius 1 is 0.448 bits per heavy atom. The third kappa shape index (κ3) is 3.26. The molecule has 0 N–H and O–H groups in total. The molecule has 1 atom stereocenters. The Hall–Kier alpha value is -1.28. The van der Waals surface area contributed by atoms with E-state index < -0.39 is 57.1 Å². The van der Waals surface area contributed by atoms with Crippen molar-refractivity contribution in [3.8, 4) is 0 Å². The third-order valence-electron chi connectivity index (χ3n) is 3.25. The predicted octanol–water partition coefficient (Wildman–Crippen LogP) is 4.70. The highest BCUT2D eigenvalue weighted by Gasteiger charge is 3.01. The van der Waals surface area contributed by atoms with Gasteiger partial charge in [-0.15, -0.1) is 0 Å². The summed E-state index contributed by atoms with van der Waals surface area (Å²) in [5.41, 5.74) is -9.14. The molecule has 0 bridgehead atoms. The number of halogens is 17. The van der Waals surface area contributed by atoms with E-state index in [9.17, 15) is 87.6 Å². The maximum atomic E-state index is 13.5. The highest BCUT2D eigenvalue weighted by atomic mass is 32.2. The van der Waals surface area contributed by atoms with Gasteiger partial charge in [0, 0.05) is 0 Å². The molecule has 0 radical (unpaired) electrons. The second-order valence-corrected chi connectivity index (χ2v) is 6.41. The van der Waals surface area contributed by atoms with Crippen LogP contribution in [0.3, 0.4) is 0 Å². The van der Waals surface area contributed by atoms with Crippen LogP contribution >= 0.6 is 0 Å². The molecular weight excluding hydrogens is 499 g/mol. The summed E-state index contributed by atoms with van der Waals surface area (Å²) in [6.07, 6.45) is -34.2. The smallest absolute Gasteiger partial charge is 0.442 e. The van der Waals surface area contributed by atoms with Gasteiger partial charge in [-0.1, -0.05) is 0 Å². The summed E-state index contributed by atoms with van der Waals surface area (Å²) in [7, 11) is -8.73. The van der Waals surface area contributed by atoms with Crippen molar-refractivity contribution < 1.29 is 87.6 Å². The second-order valence-electron chi connectivity index (χ2n) is 4.94. The van der Waals surface area contributed by atoms with Gasteiger partial charge in [-0.2, -0.15) is 70.2 Å². The average Bonchev–Trinajstić information content (AvgIpc) is 2.28. The molecule has 0 aliphatic rings. The van der Waals surface area contributed by atoms with Gasteiger partial charge in [-0.3, -0.25) is 0 Å². The fraction of sp³-hybridized carbons (Fsp3) is 1.00. The number of hydrogen-bond donors (Lipinski definition) is 0. The summed E-state index contributed by atoms with van der Waals surface area (Å²) in [5.74, 6) is -18.4. The van der Waals surface area contributed by atoms with E-state index in [4.69, 9.17) is 0 Å². The molecule has 0 aromatic heterocycles. The van der Waals surface area contributed by atoms with Crippen LogP contribution in [0.5, 0.6) is 0 Å². The van der Waals surface area contributed by atoms with Crippen molar-refractivity contribution in [1.29, 1.82) is 0 Å². The summed E-state index contributed by atoms with van der Waals surface area (Å²) in [6, 6.07) is 0. The highest BCUT2D eigenvalue weighted by molar-refractivity contribution is 7.87. The maximum Gasteiger partial charge on any atom is 0.442 e. The van der Waals surface area contributed by atoms with Gasteiger partial charge in [0.25, 0.3) is 0 Å². The van der Waals surface area contributed by atoms with Crippen LogP contribution in [-0.4, -0.2) is 54.5 Å². The Morgan fingerprint density at radius 3 is 0.828 bits per heavy atom. The summed E-state index contributed by atoms with van der Waals surface area (Å²) in [4.78, 5) is 0. The summed E-state index contributed by atoms with van der Waals surface area (Å²) in [5, 5.41) is -8.55. The normalized spacial score (nSPS) is 18.6. The minimum absolute atomic E-state index is 8.23. The van der Waals surface area contributed by atoms with Gasteiger partial charge < -0.3 is 4.55 Å². The van der Waals surface area contributed by atoms with Gasteiger partial charge in [0.2, 0.25) is 0 Å². The van der Waals surface area contributed by atoms with Crippen LogP contribution in [-0.2, 0) is 10.1 Å². The monoisotopic (exact) mass is 499 g/mol. The molecule has 0 fully saturated rings. The molecule has 0 heterocycles. The van der Waals surface area contributed by atoms with E-state index in [1.807, 2.05) is 0 Å². The first-order chi connectivity index (χ1) is 12.0. The lowest BCUT2D eigenvalue weighted by Gasteiger charge is -2.48. The molecule has 0 aliphatic carbocycles. The molecular formula is C8F17O3S-. The van der Waals surface area contributed by atoms with Gasteiger partial charge in [0.1, 0.15) is 10.1 Å². The van der Waals surface area contributed by atoms with Crippen molar-refractivity contribution in [2.24, 2.45) is 5.41 Å². The maximum absolute atomic E-state index is 13.5. The van der Waals surface area contributed by atoms with E-state index in [-0.39, 0.29) is 0 Å². The Bertz CT molecular complexity index is 686. The van der Waals surface area contributed by atoms with Crippen LogP contribution in [0.25, 0.3) is 0 Å². The van der Waals surface area contributed by atoms with Crippen molar-refractivity contribution in [3.63, 3.8) is 0 Å². The molecule has 3 nitrogen and oxygen atoms in total. The van der Waals surface area contributed by atoms with Gasteiger partial charge in [-0.05, 0) is 0 Å². The van der Waals surface area contributed by atoms with E-state index in [1.54, 1.807) is 0 Å². The van der Waals surface area contributed by atoms with Crippen LogP contribution in [0.1, 0.15) is 0 Å². The summed E-state index contributed by atoms with van der Waals surface area (Å²) in [6.45, 7) is 0. The lowest BCUT2D eigenvalue weighted by Crippen LogP contribution is -2.78. The molecule has 0 saturated heterocycles. The molecule has 1 unspecified atom stereocenters. The Morgan fingerprint density at radius 2 is 0.690 bits per heavy atom. The van der Waals surface area contributed by atoms with Gasteiger partial charge in [-0.25, -0.2) is 12.8 Å². The Balaban J connectivity index is 7.82. The molecule has 176 valence electrons. The fourth-order valence-corrected chi connectivity index (χ4v) is 2.66. The molecule has 0 spiro atoms. The van der Waals surface area contributed by atoms with E-state index in [1.165, 1.54) is 0 Å². The molecule has 29 heavy (non-hydrogen) atoms. The average molecular weight is 499 g/mol. The fourth-order valence-electron chi connectivity index (χ4n) is 1.93. The zero-order valence-electron chi connectivity index (χ0n) is 12.1. The lowest BCUT2D eigenvalue weighted by molar-refractivity contribution is -0.505. The number of hydrogen-bond acceptors (Lipinski definition) is 3. The van der Waals surface area contributed by atoms with Crippen molar-refractivity contribution >= 4 is 10.1 Å². The van der Waals surface area contributed by atoms with E-state index in [0.717, 1.165) is 0 Å². The number of rotatable bonds is 4. The van der Waals surface area contributed by atoms with Gasteiger partial charge in [0.05, 0.1) is 0 Å². The molecule has 0 aromatic rings. The first kappa shape index (κ1) is 27.7. The minimum atomic E-state index is -9.32. The SMILES string of the molecule is O=S(=O)([O-])C(F)(C(F)(F)F)C(F)(F)C(F)(F)C(C(F)(F)F)(C(F)(F)F)C(F)(F)F. The topological polar surface area (TPSA) is 57.2 Å². The van der Waals surface area contributed by atoms with Crippen molar-refractivity contribution in [1.82, 2.24) is 0 Å². The Kier molecular flexibility index (Phi) is 6.08. The first-order valence-corrected chi connectivity index (χ1v) is 7.08. The summed E-state index contributed by atoms with van der Waals surface area (Å²) < 4.78 is 247. The van der Waals surface area contributed by atoms with Crippen LogP contribution in [0.4, 0.5) is 74.6 Å². The van der Waals surface area contributed by atoms with Crippen LogP contribution in [0, 0.1) is 5.41 Å². The molecule has 21 heteroatoms. The van der Waals surface area contributed by atoms with Crippen LogP contribution in [0.2, 0.25) is 0 Å². The lowest BCUT2D eigenvalue weighted by atomic mass is 9.74. The largest absolute Gasteiger partial charge is 0.745 e.